The van der Waals surface area contributed by atoms with E-state index in [9.17, 15) is 9.59 Å². The second-order valence-corrected chi connectivity index (χ2v) is 7.69. The van der Waals surface area contributed by atoms with E-state index in [0.717, 1.165) is 13.0 Å². The molecule has 1 aliphatic heterocycles. The van der Waals surface area contributed by atoms with Crippen molar-refractivity contribution in [2.45, 2.75) is 37.8 Å². The fraction of sp³-hybridized carbons (Fsp3) is 0.360. The van der Waals surface area contributed by atoms with Gasteiger partial charge in [0.2, 0.25) is 0 Å². The summed E-state index contributed by atoms with van der Waals surface area (Å²) in [6.45, 7) is 4.20. The van der Waals surface area contributed by atoms with E-state index in [1.807, 2.05) is 0 Å². The Morgan fingerprint density at radius 2 is 1.48 bits per heavy atom. The molecular formula is C25H31NO5. The minimum Gasteiger partial charge on any atom is -0.478 e. The number of carbonyl (C=O) groups is 2. The summed E-state index contributed by atoms with van der Waals surface area (Å²) in [5.74, 6) is -2.51. The number of carboxylic acid groups (broad SMARTS) is 2. The topological polar surface area (TPSA) is 87.1 Å². The number of hydrogen-bond acceptors (Lipinski definition) is 4. The lowest BCUT2D eigenvalue weighted by Gasteiger charge is -2.32. The molecule has 2 aromatic rings. The Hall–Kier alpha value is -2.96. The van der Waals surface area contributed by atoms with Gasteiger partial charge in [-0.05, 0) is 50.9 Å². The van der Waals surface area contributed by atoms with Crippen LogP contribution in [-0.4, -0.2) is 53.3 Å². The zero-order valence-electron chi connectivity index (χ0n) is 18.1. The summed E-state index contributed by atoms with van der Waals surface area (Å²) in [5, 5.41) is 15.6. The molecule has 2 N–H and O–H groups in total. The molecule has 0 aliphatic carbocycles. The third kappa shape index (κ3) is 7.66. The van der Waals surface area contributed by atoms with Gasteiger partial charge in [-0.15, -0.1) is 0 Å². The number of nitrogens with zero attached hydrogens (tertiary/aromatic N) is 1. The number of benzene rings is 2. The fourth-order valence-corrected chi connectivity index (χ4v) is 3.73. The smallest absolute Gasteiger partial charge is 0.328 e. The first kappa shape index (κ1) is 24.3. The highest BCUT2D eigenvalue weighted by molar-refractivity contribution is 5.89. The number of aliphatic carboxylic acids is 2. The van der Waals surface area contributed by atoms with Crippen molar-refractivity contribution in [2.24, 2.45) is 0 Å². The van der Waals surface area contributed by atoms with Crippen LogP contribution in [0.5, 0.6) is 0 Å². The number of carboxylic acids is 2. The van der Waals surface area contributed by atoms with Crippen molar-refractivity contribution >= 4 is 11.9 Å². The predicted molar refractivity (Wildman–Crippen MR) is 120 cm³/mol. The maximum absolute atomic E-state index is 9.55. The van der Waals surface area contributed by atoms with Crippen molar-refractivity contribution in [3.05, 3.63) is 83.9 Å². The average Bonchev–Trinajstić information content (AvgIpc) is 3.18. The van der Waals surface area contributed by atoms with E-state index in [2.05, 4.69) is 79.5 Å². The van der Waals surface area contributed by atoms with Crippen molar-refractivity contribution in [2.75, 3.05) is 20.2 Å². The molecule has 1 aliphatic rings. The van der Waals surface area contributed by atoms with E-state index in [1.165, 1.54) is 30.5 Å². The minimum atomic E-state index is -1.26. The summed E-state index contributed by atoms with van der Waals surface area (Å²) in [5.41, 5.74) is 2.04. The molecule has 0 radical (unpaired) electrons. The molecule has 3 rings (SSSR count). The van der Waals surface area contributed by atoms with Crippen LogP contribution in [0.4, 0.5) is 0 Å². The summed E-state index contributed by atoms with van der Waals surface area (Å²) in [6.07, 6.45) is 4.83. The van der Waals surface area contributed by atoms with E-state index < -0.39 is 11.9 Å². The lowest BCUT2D eigenvalue weighted by atomic mass is 9.88. The maximum Gasteiger partial charge on any atom is 0.328 e. The van der Waals surface area contributed by atoms with Crippen LogP contribution in [0.2, 0.25) is 0 Å². The fourth-order valence-electron chi connectivity index (χ4n) is 3.73. The van der Waals surface area contributed by atoms with Crippen molar-refractivity contribution in [3.63, 3.8) is 0 Å². The molecule has 0 saturated carbocycles. The first-order valence-electron chi connectivity index (χ1n) is 10.4. The quantitative estimate of drug-likeness (QED) is 0.618. The average molecular weight is 426 g/mol. The predicted octanol–water partition coefficient (Wildman–Crippen LogP) is 4.16. The van der Waals surface area contributed by atoms with Crippen LogP contribution < -0.4 is 0 Å². The molecule has 0 spiro atoms. The van der Waals surface area contributed by atoms with Gasteiger partial charge in [-0.25, -0.2) is 9.59 Å². The second-order valence-electron chi connectivity index (χ2n) is 7.69. The highest BCUT2D eigenvalue weighted by Gasteiger charge is 2.30. The lowest BCUT2D eigenvalue weighted by Crippen LogP contribution is -2.31. The van der Waals surface area contributed by atoms with E-state index >= 15 is 0 Å². The van der Waals surface area contributed by atoms with Gasteiger partial charge in [0.25, 0.3) is 0 Å². The molecule has 31 heavy (non-hydrogen) atoms. The van der Waals surface area contributed by atoms with Gasteiger partial charge in [0.05, 0.1) is 0 Å². The van der Waals surface area contributed by atoms with Crippen LogP contribution in [-0.2, 0) is 19.9 Å². The van der Waals surface area contributed by atoms with Gasteiger partial charge in [0.15, 0.2) is 0 Å². The van der Waals surface area contributed by atoms with Crippen LogP contribution in [0.3, 0.4) is 0 Å². The second kappa shape index (κ2) is 12.0. The molecule has 166 valence electrons. The van der Waals surface area contributed by atoms with Crippen LogP contribution in [0, 0.1) is 0 Å². The largest absolute Gasteiger partial charge is 0.478 e. The molecule has 6 nitrogen and oxygen atoms in total. The molecule has 0 bridgehead atoms. The Bertz CT molecular complexity index is 795. The standard InChI is InChI=1S/C21H27NO.C4H4O4/c1-21(18-10-5-3-6-11-18,19-12-7-4-8-13-19)23-17-15-20-14-9-16-22(20)2;5-3(6)1-2-4(7)8/h3-8,10-13,20H,9,14-17H2,1-2H3;1-2H,(H,5,6)(H,7,8)/b;2-1+/t20-;/m1./s1. The van der Waals surface area contributed by atoms with E-state index in [1.54, 1.807) is 0 Å². The van der Waals surface area contributed by atoms with Gasteiger partial charge in [-0.2, -0.15) is 0 Å². The minimum absolute atomic E-state index is 0.389. The zero-order valence-corrected chi connectivity index (χ0v) is 18.1. The van der Waals surface area contributed by atoms with Crippen molar-refractivity contribution in [1.82, 2.24) is 4.90 Å². The Balaban J connectivity index is 0.000000366. The SMILES string of the molecule is CN1CCC[C@@H]1CCOC(C)(c1ccccc1)c1ccccc1.O=C(O)/C=C/C(=O)O. The first-order valence-corrected chi connectivity index (χ1v) is 10.4. The van der Waals surface area contributed by atoms with E-state index in [-0.39, 0.29) is 5.60 Å². The number of likely N-dealkylation sites (tertiary alicyclic amines) is 1. The Morgan fingerprint density at radius 1 is 1.00 bits per heavy atom. The molecule has 2 aromatic carbocycles. The molecule has 0 unspecified atom stereocenters. The Kier molecular flexibility index (Phi) is 9.43. The van der Waals surface area contributed by atoms with E-state index in [0.29, 0.717) is 18.2 Å². The molecule has 1 saturated heterocycles. The molecule has 0 aromatic heterocycles. The molecule has 1 fully saturated rings. The maximum atomic E-state index is 9.55. The third-order valence-electron chi connectivity index (χ3n) is 5.53. The molecule has 1 atom stereocenters. The summed E-state index contributed by atoms with van der Waals surface area (Å²) in [7, 11) is 2.23. The third-order valence-corrected chi connectivity index (χ3v) is 5.53. The first-order chi connectivity index (χ1) is 14.8. The highest BCUT2D eigenvalue weighted by atomic mass is 16.5. The van der Waals surface area contributed by atoms with Crippen LogP contribution in [0.1, 0.15) is 37.3 Å². The van der Waals surface area contributed by atoms with Gasteiger partial charge in [0.1, 0.15) is 5.60 Å². The van der Waals surface area contributed by atoms with Gasteiger partial charge in [-0.3, -0.25) is 0 Å². The van der Waals surface area contributed by atoms with Gasteiger partial charge in [0, 0.05) is 24.8 Å². The lowest BCUT2D eigenvalue weighted by molar-refractivity contribution is -0.134. The van der Waals surface area contributed by atoms with Crippen molar-refractivity contribution in [3.8, 4) is 0 Å². The summed E-state index contributed by atoms with van der Waals surface area (Å²) < 4.78 is 6.49. The molecule has 1 heterocycles. The number of hydrogen-bond donors (Lipinski definition) is 2. The molecular weight excluding hydrogens is 394 g/mol. The number of rotatable bonds is 8. The van der Waals surface area contributed by atoms with Crippen LogP contribution in [0.25, 0.3) is 0 Å². The van der Waals surface area contributed by atoms with Crippen LogP contribution in [0.15, 0.2) is 72.8 Å². The summed E-state index contributed by atoms with van der Waals surface area (Å²) >= 11 is 0. The summed E-state index contributed by atoms with van der Waals surface area (Å²) in [4.78, 5) is 21.6. The van der Waals surface area contributed by atoms with Gasteiger partial charge < -0.3 is 19.8 Å². The number of ether oxygens (including phenoxy) is 1. The molecule has 0 amide bonds. The van der Waals surface area contributed by atoms with Crippen molar-refractivity contribution < 1.29 is 24.5 Å². The van der Waals surface area contributed by atoms with Crippen LogP contribution >= 0.6 is 0 Å². The monoisotopic (exact) mass is 425 g/mol. The summed E-state index contributed by atoms with van der Waals surface area (Å²) in [6, 6.07) is 21.8. The zero-order chi connectivity index (χ0) is 22.7. The molecule has 6 heteroatoms. The normalized spacial score (nSPS) is 16.6. The van der Waals surface area contributed by atoms with E-state index in [4.69, 9.17) is 14.9 Å². The van der Waals surface area contributed by atoms with Gasteiger partial charge >= 0.3 is 11.9 Å². The highest BCUT2D eigenvalue weighted by Crippen LogP contribution is 2.33. The Morgan fingerprint density at radius 3 is 1.87 bits per heavy atom. The van der Waals surface area contributed by atoms with Crippen molar-refractivity contribution in [1.29, 1.82) is 0 Å². The Labute approximate surface area is 183 Å². The van der Waals surface area contributed by atoms with Gasteiger partial charge in [-0.1, -0.05) is 60.7 Å².